The summed E-state index contributed by atoms with van der Waals surface area (Å²) in [6.07, 6.45) is 4.23. The Labute approximate surface area is 210 Å². The molecule has 0 aromatic heterocycles. The molecular formula is C27H32N2O5S. The van der Waals surface area contributed by atoms with Crippen LogP contribution < -0.4 is 5.32 Å². The van der Waals surface area contributed by atoms with E-state index >= 15 is 0 Å². The molecule has 2 aliphatic carbocycles. The third-order valence-corrected chi connectivity index (χ3v) is 7.64. The van der Waals surface area contributed by atoms with Gasteiger partial charge in [-0.2, -0.15) is 11.8 Å². The predicted molar refractivity (Wildman–Crippen MR) is 137 cm³/mol. The van der Waals surface area contributed by atoms with Crippen molar-refractivity contribution in [2.75, 3.05) is 38.2 Å². The van der Waals surface area contributed by atoms with Crippen LogP contribution in [0.15, 0.2) is 48.5 Å². The van der Waals surface area contributed by atoms with Crippen LogP contribution >= 0.6 is 11.8 Å². The smallest absolute Gasteiger partial charge is 0.407 e. The van der Waals surface area contributed by atoms with Gasteiger partial charge in [0.2, 0.25) is 5.91 Å². The van der Waals surface area contributed by atoms with Gasteiger partial charge < -0.3 is 20.1 Å². The zero-order valence-electron chi connectivity index (χ0n) is 19.9. The summed E-state index contributed by atoms with van der Waals surface area (Å²) in [6, 6.07) is 16.3. The van der Waals surface area contributed by atoms with Crippen molar-refractivity contribution in [1.29, 1.82) is 0 Å². The molecule has 0 spiro atoms. The van der Waals surface area contributed by atoms with E-state index in [1.54, 1.807) is 11.8 Å². The Hall–Kier alpha value is -3.00. The van der Waals surface area contributed by atoms with Crippen molar-refractivity contribution < 1.29 is 24.2 Å². The number of hydrogen-bond acceptors (Lipinski definition) is 5. The van der Waals surface area contributed by atoms with Crippen LogP contribution in [0.2, 0.25) is 0 Å². The summed E-state index contributed by atoms with van der Waals surface area (Å²) in [5.74, 6) is -0.889. The molecule has 2 aromatic rings. The Balaban J connectivity index is 1.37. The Morgan fingerprint density at radius 1 is 1.09 bits per heavy atom. The third kappa shape index (κ3) is 5.81. The lowest BCUT2D eigenvalue weighted by molar-refractivity contribution is -0.147. The van der Waals surface area contributed by atoms with Gasteiger partial charge in [-0.15, -0.1) is 0 Å². The first-order chi connectivity index (χ1) is 17.0. The molecule has 1 saturated carbocycles. The van der Waals surface area contributed by atoms with Crippen LogP contribution in [0.3, 0.4) is 0 Å². The number of carbonyl (C=O) groups excluding carboxylic acids is 2. The van der Waals surface area contributed by atoms with Crippen molar-refractivity contribution >= 4 is 29.7 Å². The Kier molecular flexibility index (Phi) is 8.33. The zero-order valence-corrected chi connectivity index (χ0v) is 20.8. The molecule has 8 heteroatoms. The van der Waals surface area contributed by atoms with E-state index in [0.29, 0.717) is 12.3 Å². The van der Waals surface area contributed by atoms with Gasteiger partial charge in [0.25, 0.3) is 0 Å². The second-order valence-electron chi connectivity index (χ2n) is 9.15. The van der Waals surface area contributed by atoms with Crippen molar-refractivity contribution in [3.8, 4) is 11.1 Å². The fourth-order valence-electron chi connectivity index (χ4n) is 5.01. The number of amides is 2. The molecule has 2 amide bonds. The number of hydrogen-bond donors (Lipinski definition) is 2. The van der Waals surface area contributed by atoms with Crippen LogP contribution in [0.1, 0.15) is 36.3 Å². The normalized spacial score (nSPS) is 15.5. The van der Waals surface area contributed by atoms with Gasteiger partial charge in [-0.3, -0.25) is 9.59 Å². The van der Waals surface area contributed by atoms with Crippen molar-refractivity contribution in [3.63, 3.8) is 0 Å². The first-order valence-corrected chi connectivity index (χ1v) is 13.5. The molecule has 2 N–H and O–H groups in total. The second kappa shape index (κ2) is 11.6. The van der Waals surface area contributed by atoms with E-state index in [2.05, 4.69) is 29.6 Å². The second-order valence-corrected chi connectivity index (χ2v) is 10.1. The van der Waals surface area contributed by atoms with E-state index in [9.17, 15) is 19.5 Å². The lowest BCUT2D eigenvalue weighted by atomic mass is 9.75. The number of rotatable bonds is 11. The van der Waals surface area contributed by atoms with Gasteiger partial charge in [0.1, 0.15) is 13.2 Å². The number of benzene rings is 2. The Morgan fingerprint density at radius 2 is 1.71 bits per heavy atom. The number of aliphatic carboxylic acids is 1. The lowest BCUT2D eigenvalue weighted by Gasteiger charge is -2.36. The summed E-state index contributed by atoms with van der Waals surface area (Å²) in [6.45, 7) is 0.407. The van der Waals surface area contributed by atoms with E-state index in [4.69, 9.17) is 4.74 Å². The topological polar surface area (TPSA) is 95.9 Å². The molecule has 2 aromatic carbocycles. The highest BCUT2D eigenvalue weighted by Crippen LogP contribution is 2.44. The van der Waals surface area contributed by atoms with Gasteiger partial charge in [-0.1, -0.05) is 55.0 Å². The molecule has 2 aliphatic rings. The van der Waals surface area contributed by atoms with E-state index in [1.807, 2.05) is 30.5 Å². The van der Waals surface area contributed by atoms with Gasteiger partial charge in [-0.25, -0.2) is 4.79 Å². The van der Waals surface area contributed by atoms with Crippen LogP contribution in [-0.4, -0.2) is 66.2 Å². The summed E-state index contributed by atoms with van der Waals surface area (Å²) in [5.41, 5.74) is 4.61. The summed E-state index contributed by atoms with van der Waals surface area (Å²) >= 11 is 1.56. The average molecular weight is 497 g/mol. The van der Waals surface area contributed by atoms with Crippen LogP contribution in [0.25, 0.3) is 11.1 Å². The minimum atomic E-state index is -1.03. The number of fused-ring (bicyclic) bond motifs is 3. The Morgan fingerprint density at radius 3 is 2.26 bits per heavy atom. The Bertz CT molecular complexity index is 1030. The number of carbonyl (C=O) groups is 3. The molecule has 0 radical (unpaired) electrons. The highest BCUT2D eigenvalue weighted by Gasteiger charge is 2.36. The molecule has 35 heavy (non-hydrogen) atoms. The minimum Gasteiger partial charge on any atom is -0.480 e. The number of nitrogens with one attached hydrogen (secondary N) is 1. The van der Waals surface area contributed by atoms with Gasteiger partial charge >= 0.3 is 12.1 Å². The largest absolute Gasteiger partial charge is 0.480 e. The van der Waals surface area contributed by atoms with E-state index in [0.717, 1.165) is 41.5 Å². The number of alkyl carbamates (subject to hydrolysis) is 1. The molecular weight excluding hydrogens is 464 g/mol. The lowest BCUT2D eigenvalue weighted by Crippen LogP contribution is -2.48. The number of ether oxygens (including phenoxy) is 1. The monoisotopic (exact) mass is 496 g/mol. The molecule has 1 fully saturated rings. The standard InChI is InChI=1S/C27H32N2O5S/c1-35-14-13-29(16-25(30)31)26(32)23(18-7-6-8-18)15-28-27(33)34-17-24-21-11-4-2-9-19(21)20-10-3-5-12-22(20)24/h2-5,9-12,18,23-24H,6-8,13-17H2,1H3,(H,28,33)(H,30,31). The molecule has 4 rings (SSSR count). The van der Waals surface area contributed by atoms with Gasteiger partial charge in [0.15, 0.2) is 0 Å². The molecule has 0 aliphatic heterocycles. The predicted octanol–water partition coefficient (Wildman–Crippen LogP) is 4.22. The van der Waals surface area contributed by atoms with Crippen molar-refractivity contribution in [2.24, 2.45) is 11.8 Å². The SMILES string of the molecule is CSCCN(CC(=O)O)C(=O)C(CNC(=O)OCC1c2ccccc2-c2ccccc21)C1CCC1. The number of nitrogens with zero attached hydrogens (tertiary/aromatic N) is 1. The molecule has 7 nitrogen and oxygen atoms in total. The first kappa shape index (κ1) is 25.1. The maximum atomic E-state index is 13.2. The fraction of sp³-hybridized carbons (Fsp3) is 0.444. The highest BCUT2D eigenvalue weighted by atomic mass is 32.2. The molecule has 0 heterocycles. The third-order valence-electron chi connectivity index (χ3n) is 7.05. The van der Waals surface area contributed by atoms with Crippen molar-refractivity contribution in [1.82, 2.24) is 10.2 Å². The summed E-state index contributed by atoms with van der Waals surface area (Å²) < 4.78 is 5.62. The zero-order chi connectivity index (χ0) is 24.8. The fourth-order valence-corrected chi connectivity index (χ4v) is 5.41. The number of carboxylic acid groups (broad SMARTS) is 1. The van der Waals surface area contributed by atoms with E-state index < -0.39 is 18.0 Å². The van der Waals surface area contributed by atoms with Crippen LogP contribution in [0.5, 0.6) is 0 Å². The summed E-state index contributed by atoms with van der Waals surface area (Å²) in [4.78, 5) is 38.6. The molecule has 1 unspecified atom stereocenters. The van der Waals surface area contributed by atoms with E-state index in [-0.39, 0.29) is 37.4 Å². The highest BCUT2D eigenvalue weighted by molar-refractivity contribution is 7.98. The number of thioether (sulfide) groups is 1. The van der Waals surface area contributed by atoms with Gasteiger partial charge in [-0.05, 0) is 47.3 Å². The van der Waals surface area contributed by atoms with Crippen LogP contribution in [-0.2, 0) is 14.3 Å². The maximum absolute atomic E-state index is 13.2. The molecule has 186 valence electrons. The minimum absolute atomic E-state index is 0.0326. The average Bonchev–Trinajstić information content (AvgIpc) is 3.15. The van der Waals surface area contributed by atoms with E-state index in [1.165, 1.54) is 4.90 Å². The van der Waals surface area contributed by atoms with Crippen molar-refractivity contribution in [3.05, 3.63) is 59.7 Å². The molecule has 0 bridgehead atoms. The quantitative estimate of drug-likeness (QED) is 0.484. The summed E-state index contributed by atoms with van der Waals surface area (Å²) in [5, 5.41) is 12.1. The van der Waals surface area contributed by atoms with Gasteiger partial charge in [0.05, 0.1) is 5.92 Å². The van der Waals surface area contributed by atoms with Crippen LogP contribution in [0.4, 0.5) is 4.79 Å². The van der Waals surface area contributed by atoms with Crippen molar-refractivity contribution in [2.45, 2.75) is 25.2 Å². The summed E-state index contributed by atoms with van der Waals surface area (Å²) in [7, 11) is 0. The molecule has 0 saturated heterocycles. The molecule has 1 atom stereocenters. The first-order valence-electron chi connectivity index (χ1n) is 12.1. The number of carboxylic acids is 1. The van der Waals surface area contributed by atoms with Crippen LogP contribution in [0, 0.1) is 11.8 Å². The van der Waals surface area contributed by atoms with Gasteiger partial charge in [0, 0.05) is 24.8 Å². The maximum Gasteiger partial charge on any atom is 0.407 e.